The summed E-state index contributed by atoms with van der Waals surface area (Å²) in [6, 6.07) is 4.24. The standard InChI is InChI=1S/C13H18N2S2/c1-13(2,3)11-9-17-12(15-11)8-14-7-10-5-4-6-16-10/h4-6,9,14H,7-8H2,1-3H3. The molecule has 0 saturated carbocycles. The second kappa shape index (κ2) is 5.29. The van der Waals surface area contributed by atoms with Crippen LogP contribution in [0.5, 0.6) is 0 Å². The van der Waals surface area contributed by atoms with Crippen LogP contribution in [0.15, 0.2) is 22.9 Å². The average molecular weight is 266 g/mol. The van der Waals surface area contributed by atoms with Crippen molar-refractivity contribution in [1.29, 1.82) is 0 Å². The Morgan fingerprint density at radius 3 is 2.65 bits per heavy atom. The van der Waals surface area contributed by atoms with Crippen LogP contribution in [0, 0.1) is 0 Å². The highest BCUT2D eigenvalue weighted by atomic mass is 32.1. The van der Waals surface area contributed by atoms with E-state index in [9.17, 15) is 0 Å². The topological polar surface area (TPSA) is 24.9 Å². The molecule has 2 aromatic heterocycles. The Kier molecular flexibility index (Phi) is 3.97. The van der Waals surface area contributed by atoms with Gasteiger partial charge in [-0.1, -0.05) is 26.8 Å². The third kappa shape index (κ3) is 3.63. The highest BCUT2D eigenvalue weighted by Gasteiger charge is 2.17. The summed E-state index contributed by atoms with van der Waals surface area (Å²) in [5, 5.41) is 8.88. The van der Waals surface area contributed by atoms with Crippen LogP contribution in [-0.2, 0) is 18.5 Å². The molecule has 92 valence electrons. The van der Waals surface area contributed by atoms with E-state index in [2.05, 4.69) is 54.0 Å². The molecule has 0 aliphatic heterocycles. The second-order valence-corrected chi connectivity index (χ2v) is 7.03. The molecule has 0 spiro atoms. The molecule has 0 saturated heterocycles. The van der Waals surface area contributed by atoms with Crippen molar-refractivity contribution in [2.75, 3.05) is 0 Å². The molecule has 0 aromatic carbocycles. The fraction of sp³-hybridized carbons (Fsp3) is 0.462. The number of nitrogens with one attached hydrogen (secondary N) is 1. The van der Waals surface area contributed by atoms with Gasteiger partial charge in [0.1, 0.15) is 5.01 Å². The lowest BCUT2D eigenvalue weighted by molar-refractivity contribution is 0.568. The first-order valence-corrected chi connectivity index (χ1v) is 7.49. The summed E-state index contributed by atoms with van der Waals surface area (Å²) in [6.45, 7) is 8.39. The molecule has 0 fully saturated rings. The SMILES string of the molecule is CC(C)(C)c1csc(CNCc2cccs2)n1. The molecule has 2 nitrogen and oxygen atoms in total. The van der Waals surface area contributed by atoms with Crippen LogP contribution in [0.2, 0.25) is 0 Å². The number of nitrogens with zero attached hydrogens (tertiary/aromatic N) is 1. The first-order chi connectivity index (χ1) is 8.05. The highest BCUT2D eigenvalue weighted by Crippen LogP contribution is 2.23. The molecule has 0 aliphatic carbocycles. The van der Waals surface area contributed by atoms with Gasteiger partial charge in [0.25, 0.3) is 0 Å². The van der Waals surface area contributed by atoms with Crippen molar-refractivity contribution in [1.82, 2.24) is 10.3 Å². The van der Waals surface area contributed by atoms with Crippen LogP contribution >= 0.6 is 22.7 Å². The Bertz CT molecular complexity index is 452. The van der Waals surface area contributed by atoms with E-state index in [-0.39, 0.29) is 5.41 Å². The van der Waals surface area contributed by atoms with Gasteiger partial charge in [0.05, 0.1) is 5.69 Å². The van der Waals surface area contributed by atoms with Crippen molar-refractivity contribution in [3.63, 3.8) is 0 Å². The van der Waals surface area contributed by atoms with Crippen LogP contribution in [0.3, 0.4) is 0 Å². The average Bonchev–Trinajstić information content (AvgIpc) is 2.86. The van der Waals surface area contributed by atoms with Crippen molar-refractivity contribution in [2.45, 2.75) is 39.3 Å². The molecule has 0 radical (unpaired) electrons. The van der Waals surface area contributed by atoms with E-state index in [1.165, 1.54) is 15.6 Å². The van der Waals surface area contributed by atoms with Crippen LogP contribution < -0.4 is 5.32 Å². The zero-order valence-electron chi connectivity index (χ0n) is 10.5. The van der Waals surface area contributed by atoms with Crippen molar-refractivity contribution < 1.29 is 0 Å². The Morgan fingerprint density at radius 1 is 1.24 bits per heavy atom. The van der Waals surface area contributed by atoms with Crippen molar-refractivity contribution in [2.24, 2.45) is 0 Å². The molecule has 0 amide bonds. The fourth-order valence-corrected chi connectivity index (χ4v) is 3.11. The summed E-state index contributed by atoms with van der Waals surface area (Å²) < 4.78 is 0. The van der Waals surface area contributed by atoms with Gasteiger partial charge >= 0.3 is 0 Å². The maximum Gasteiger partial charge on any atom is 0.107 e. The zero-order chi connectivity index (χ0) is 12.3. The van der Waals surface area contributed by atoms with E-state index in [1.54, 1.807) is 22.7 Å². The lowest BCUT2D eigenvalue weighted by Gasteiger charge is -2.14. The maximum absolute atomic E-state index is 4.66. The molecule has 0 bridgehead atoms. The first kappa shape index (κ1) is 12.7. The monoisotopic (exact) mass is 266 g/mol. The third-order valence-electron chi connectivity index (χ3n) is 2.48. The summed E-state index contributed by atoms with van der Waals surface area (Å²) in [7, 11) is 0. The molecule has 0 unspecified atom stereocenters. The van der Waals surface area contributed by atoms with E-state index in [1.807, 2.05) is 0 Å². The Morgan fingerprint density at radius 2 is 2.06 bits per heavy atom. The molecule has 2 rings (SSSR count). The summed E-state index contributed by atoms with van der Waals surface area (Å²) in [4.78, 5) is 6.03. The number of thiophene rings is 1. The molecular formula is C13H18N2S2. The van der Waals surface area contributed by atoms with E-state index in [4.69, 9.17) is 0 Å². The number of aromatic nitrogens is 1. The van der Waals surface area contributed by atoms with Gasteiger partial charge in [-0.3, -0.25) is 0 Å². The lowest BCUT2D eigenvalue weighted by atomic mass is 9.93. The normalized spacial score (nSPS) is 11.9. The van der Waals surface area contributed by atoms with Gasteiger partial charge in [0.2, 0.25) is 0 Å². The maximum atomic E-state index is 4.66. The van der Waals surface area contributed by atoms with Crippen LogP contribution in [0.4, 0.5) is 0 Å². The van der Waals surface area contributed by atoms with Gasteiger partial charge in [-0.2, -0.15) is 0 Å². The summed E-state index contributed by atoms with van der Waals surface area (Å²) in [5.74, 6) is 0. The van der Waals surface area contributed by atoms with Gasteiger partial charge in [0.15, 0.2) is 0 Å². The quantitative estimate of drug-likeness (QED) is 0.910. The fourth-order valence-electron chi connectivity index (χ4n) is 1.44. The van der Waals surface area contributed by atoms with E-state index in [0.29, 0.717) is 0 Å². The third-order valence-corrected chi connectivity index (χ3v) is 4.20. The van der Waals surface area contributed by atoms with Gasteiger partial charge in [-0.05, 0) is 11.4 Å². The molecule has 2 heterocycles. The number of thiazole rings is 1. The predicted octanol–water partition coefficient (Wildman–Crippen LogP) is 3.79. The zero-order valence-corrected chi connectivity index (χ0v) is 12.1. The second-order valence-electron chi connectivity index (χ2n) is 5.06. The highest BCUT2D eigenvalue weighted by molar-refractivity contribution is 7.10. The van der Waals surface area contributed by atoms with E-state index in [0.717, 1.165) is 13.1 Å². The first-order valence-electron chi connectivity index (χ1n) is 5.74. The van der Waals surface area contributed by atoms with Gasteiger partial charge in [0, 0.05) is 28.8 Å². The number of rotatable bonds is 4. The minimum Gasteiger partial charge on any atom is -0.306 e. The Labute approximate surface area is 111 Å². The van der Waals surface area contributed by atoms with Gasteiger partial charge in [-0.25, -0.2) is 4.98 Å². The molecule has 2 aromatic rings. The van der Waals surface area contributed by atoms with Crippen molar-refractivity contribution >= 4 is 22.7 Å². The summed E-state index contributed by atoms with van der Waals surface area (Å²) in [5.41, 5.74) is 1.35. The number of hydrogen-bond donors (Lipinski definition) is 1. The Balaban J connectivity index is 1.85. The summed E-state index contributed by atoms with van der Waals surface area (Å²) >= 11 is 3.53. The number of hydrogen-bond acceptors (Lipinski definition) is 4. The van der Waals surface area contributed by atoms with Crippen LogP contribution in [0.1, 0.15) is 36.3 Å². The smallest absolute Gasteiger partial charge is 0.107 e. The van der Waals surface area contributed by atoms with Crippen molar-refractivity contribution in [3.05, 3.63) is 38.5 Å². The van der Waals surface area contributed by atoms with E-state index >= 15 is 0 Å². The van der Waals surface area contributed by atoms with E-state index < -0.39 is 0 Å². The molecule has 4 heteroatoms. The lowest BCUT2D eigenvalue weighted by Crippen LogP contribution is -2.14. The molecule has 0 atom stereocenters. The van der Waals surface area contributed by atoms with Crippen LogP contribution in [0.25, 0.3) is 0 Å². The predicted molar refractivity (Wildman–Crippen MR) is 75.7 cm³/mol. The van der Waals surface area contributed by atoms with Crippen LogP contribution in [-0.4, -0.2) is 4.98 Å². The van der Waals surface area contributed by atoms with Crippen molar-refractivity contribution in [3.8, 4) is 0 Å². The largest absolute Gasteiger partial charge is 0.306 e. The molecule has 0 aliphatic rings. The summed E-state index contributed by atoms with van der Waals surface area (Å²) in [6.07, 6.45) is 0. The minimum absolute atomic E-state index is 0.155. The Hall–Kier alpha value is -0.710. The van der Waals surface area contributed by atoms with Gasteiger partial charge < -0.3 is 5.32 Å². The molecular weight excluding hydrogens is 248 g/mol. The van der Waals surface area contributed by atoms with Gasteiger partial charge in [-0.15, -0.1) is 22.7 Å². The molecule has 1 N–H and O–H groups in total. The molecule has 17 heavy (non-hydrogen) atoms. The minimum atomic E-state index is 0.155.